The predicted molar refractivity (Wildman–Crippen MR) is 53.5 cm³/mol. The summed E-state index contributed by atoms with van der Waals surface area (Å²) in [5, 5.41) is 0. The standard InChI is InChI=1S/C9H11BrN2O/c10-8-5-12-6(4-11)3-9(8)13-7-1-2-7/h3,5,7H,1-2,4,11H2. The second kappa shape index (κ2) is 3.64. The highest BCUT2D eigenvalue weighted by atomic mass is 79.9. The van der Waals surface area contributed by atoms with Crippen molar-refractivity contribution in [3.05, 3.63) is 22.4 Å². The molecule has 0 saturated heterocycles. The van der Waals surface area contributed by atoms with Crippen LogP contribution in [0, 0.1) is 0 Å². The van der Waals surface area contributed by atoms with Crippen LogP contribution in [0.15, 0.2) is 16.7 Å². The predicted octanol–water partition coefficient (Wildman–Crippen LogP) is 1.84. The minimum atomic E-state index is 0.407. The van der Waals surface area contributed by atoms with Crippen LogP contribution in [0.3, 0.4) is 0 Å². The van der Waals surface area contributed by atoms with Crippen molar-refractivity contribution >= 4 is 15.9 Å². The highest BCUT2D eigenvalue weighted by molar-refractivity contribution is 9.10. The van der Waals surface area contributed by atoms with E-state index in [0.29, 0.717) is 12.6 Å². The summed E-state index contributed by atoms with van der Waals surface area (Å²) in [5.74, 6) is 0.859. The monoisotopic (exact) mass is 242 g/mol. The summed E-state index contributed by atoms with van der Waals surface area (Å²) in [6, 6.07) is 1.89. The smallest absolute Gasteiger partial charge is 0.137 e. The van der Waals surface area contributed by atoms with Gasteiger partial charge in [0.2, 0.25) is 0 Å². The molecule has 0 bridgehead atoms. The highest BCUT2D eigenvalue weighted by Crippen LogP contribution is 2.31. The lowest BCUT2D eigenvalue weighted by Crippen LogP contribution is -2.02. The van der Waals surface area contributed by atoms with Gasteiger partial charge in [0.05, 0.1) is 16.3 Å². The van der Waals surface area contributed by atoms with Crippen molar-refractivity contribution in [2.45, 2.75) is 25.5 Å². The number of pyridine rings is 1. The molecule has 0 spiro atoms. The Morgan fingerprint density at radius 2 is 2.38 bits per heavy atom. The molecule has 2 rings (SSSR count). The zero-order valence-corrected chi connectivity index (χ0v) is 8.75. The Morgan fingerprint density at radius 3 is 3.00 bits per heavy atom. The van der Waals surface area contributed by atoms with Crippen LogP contribution in [0.25, 0.3) is 0 Å². The van der Waals surface area contributed by atoms with E-state index in [1.807, 2.05) is 6.07 Å². The molecule has 0 aliphatic heterocycles. The third-order valence-corrected chi connectivity index (χ3v) is 2.50. The first kappa shape index (κ1) is 8.97. The van der Waals surface area contributed by atoms with Gasteiger partial charge in [0.1, 0.15) is 5.75 Å². The molecule has 0 unspecified atom stereocenters. The van der Waals surface area contributed by atoms with Gasteiger partial charge in [0.15, 0.2) is 0 Å². The molecule has 0 radical (unpaired) electrons. The van der Waals surface area contributed by atoms with Gasteiger partial charge in [0, 0.05) is 18.8 Å². The molecule has 2 N–H and O–H groups in total. The van der Waals surface area contributed by atoms with Crippen molar-refractivity contribution in [2.24, 2.45) is 5.73 Å². The minimum absolute atomic E-state index is 0.407. The molecular formula is C9H11BrN2O. The molecule has 13 heavy (non-hydrogen) atoms. The molecule has 1 aromatic rings. The number of nitrogens with two attached hydrogens (primary N) is 1. The summed E-state index contributed by atoms with van der Waals surface area (Å²) in [5.41, 5.74) is 6.34. The van der Waals surface area contributed by atoms with Crippen LogP contribution < -0.4 is 10.5 Å². The van der Waals surface area contributed by atoms with Crippen molar-refractivity contribution in [2.75, 3.05) is 0 Å². The number of rotatable bonds is 3. The second-order valence-electron chi connectivity index (χ2n) is 3.13. The molecule has 1 aromatic heterocycles. The molecule has 1 fully saturated rings. The van der Waals surface area contributed by atoms with Crippen molar-refractivity contribution in [1.82, 2.24) is 4.98 Å². The molecule has 70 valence electrons. The zero-order chi connectivity index (χ0) is 9.26. The Kier molecular flexibility index (Phi) is 2.51. The fourth-order valence-corrected chi connectivity index (χ4v) is 1.34. The summed E-state index contributed by atoms with van der Waals surface area (Å²) in [6.07, 6.45) is 4.46. The quantitative estimate of drug-likeness (QED) is 0.881. The van der Waals surface area contributed by atoms with Crippen molar-refractivity contribution in [3.8, 4) is 5.75 Å². The van der Waals surface area contributed by atoms with Crippen molar-refractivity contribution < 1.29 is 4.74 Å². The number of aromatic nitrogens is 1. The van der Waals surface area contributed by atoms with Gasteiger partial charge in [-0.3, -0.25) is 4.98 Å². The number of ether oxygens (including phenoxy) is 1. The Bertz CT molecular complexity index is 312. The number of hydrogen-bond donors (Lipinski definition) is 1. The summed E-state index contributed by atoms with van der Waals surface area (Å²) >= 11 is 3.39. The summed E-state index contributed by atoms with van der Waals surface area (Å²) < 4.78 is 6.56. The number of nitrogens with zero attached hydrogens (tertiary/aromatic N) is 1. The minimum Gasteiger partial charge on any atom is -0.489 e. The van der Waals surface area contributed by atoms with E-state index in [-0.39, 0.29) is 0 Å². The fraction of sp³-hybridized carbons (Fsp3) is 0.444. The maximum absolute atomic E-state index is 5.66. The first-order valence-electron chi connectivity index (χ1n) is 4.30. The molecule has 0 atom stereocenters. The van der Waals surface area contributed by atoms with Crippen LogP contribution in [0.4, 0.5) is 0 Å². The molecule has 1 saturated carbocycles. The average molecular weight is 243 g/mol. The SMILES string of the molecule is NCc1cc(OC2CC2)c(Br)cn1. The second-order valence-corrected chi connectivity index (χ2v) is 3.98. The average Bonchev–Trinajstić information content (AvgIpc) is 2.93. The van der Waals surface area contributed by atoms with E-state index >= 15 is 0 Å². The Morgan fingerprint density at radius 1 is 1.62 bits per heavy atom. The number of halogens is 1. The van der Waals surface area contributed by atoms with Crippen LogP contribution in [0.5, 0.6) is 5.75 Å². The van der Waals surface area contributed by atoms with Crippen molar-refractivity contribution in [3.63, 3.8) is 0 Å². The topological polar surface area (TPSA) is 48.1 Å². The third kappa shape index (κ3) is 2.19. The van der Waals surface area contributed by atoms with E-state index in [0.717, 1.165) is 28.8 Å². The van der Waals surface area contributed by atoms with E-state index in [9.17, 15) is 0 Å². The van der Waals surface area contributed by atoms with E-state index in [4.69, 9.17) is 10.5 Å². The Labute approximate surface area is 85.4 Å². The lowest BCUT2D eigenvalue weighted by atomic mass is 10.3. The van der Waals surface area contributed by atoms with Crippen molar-refractivity contribution in [1.29, 1.82) is 0 Å². The summed E-state index contributed by atoms with van der Waals surface area (Å²) in [7, 11) is 0. The summed E-state index contributed by atoms with van der Waals surface area (Å²) in [6.45, 7) is 0.453. The van der Waals surface area contributed by atoms with Gasteiger partial charge in [-0.15, -0.1) is 0 Å². The van der Waals surface area contributed by atoms with E-state index < -0.39 is 0 Å². The molecule has 1 heterocycles. The van der Waals surface area contributed by atoms with Gasteiger partial charge in [-0.2, -0.15) is 0 Å². The molecule has 1 aliphatic rings. The van der Waals surface area contributed by atoms with Crippen LogP contribution in [-0.2, 0) is 6.54 Å². The van der Waals surface area contributed by atoms with Crippen LogP contribution in [-0.4, -0.2) is 11.1 Å². The van der Waals surface area contributed by atoms with E-state index in [2.05, 4.69) is 20.9 Å². The summed E-state index contributed by atoms with van der Waals surface area (Å²) in [4.78, 5) is 4.13. The molecular weight excluding hydrogens is 232 g/mol. The van der Waals surface area contributed by atoms with Gasteiger partial charge in [-0.1, -0.05) is 0 Å². The van der Waals surface area contributed by atoms with E-state index in [1.54, 1.807) is 6.20 Å². The Hall–Kier alpha value is -0.610. The largest absolute Gasteiger partial charge is 0.489 e. The van der Waals surface area contributed by atoms with Crippen LogP contribution in [0.2, 0.25) is 0 Å². The van der Waals surface area contributed by atoms with Gasteiger partial charge >= 0.3 is 0 Å². The number of hydrogen-bond acceptors (Lipinski definition) is 3. The molecule has 4 heteroatoms. The maximum atomic E-state index is 5.66. The third-order valence-electron chi connectivity index (χ3n) is 1.90. The fourth-order valence-electron chi connectivity index (χ4n) is 1.03. The van der Waals surface area contributed by atoms with Gasteiger partial charge in [0.25, 0.3) is 0 Å². The lowest BCUT2D eigenvalue weighted by molar-refractivity contribution is 0.300. The molecule has 1 aliphatic carbocycles. The van der Waals surface area contributed by atoms with Gasteiger partial charge < -0.3 is 10.5 Å². The van der Waals surface area contributed by atoms with Crippen LogP contribution in [0.1, 0.15) is 18.5 Å². The first-order valence-corrected chi connectivity index (χ1v) is 5.10. The molecule has 3 nitrogen and oxygen atoms in total. The molecule has 0 aromatic carbocycles. The zero-order valence-electron chi connectivity index (χ0n) is 7.16. The first-order chi connectivity index (χ1) is 6.29. The molecule has 0 amide bonds. The van der Waals surface area contributed by atoms with Crippen LogP contribution >= 0.6 is 15.9 Å². The van der Waals surface area contributed by atoms with E-state index in [1.165, 1.54) is 0 Å². The van der Waals surface area contributed by atoms with Gasteiger partial charge in [-0.25, -0.2) is 0 Å². The normalized spacial score (nSPS) is 15.8. The van der Waals surface area contributed by atoms with Gasteiger partial charge in [-0.05, 0) is 28.8 Å². The highest BCUT2D eigenvalue weighted by Gasteiger charge is 2.24. The maximum Gasteiger partial charge on any atom is 0.137 e. The lowest BCUT2D eigenvalue weighted by Gasteiger charge is -2.07. The Balaban J connectivity index is 2.19.